The summed E-state index contributed by atoms with van der Waals surface area (Å²) in [5, 5.41) is 0. The van der Waals surface area contributed by atoms with E-state index < -0.39 is 12.1 Å². The topological polar surface area (TPSA) is 78.9 Å². The summed E-state index contributed by atoms with van der Waals surface area (Å²) in [6.07, 6.45) is 66.1. The lowest BCUT2D eigenvalue weighted by Gasteiger charge is -2.18. The quantitative estimate of drug-likeness (QED) is 0.0266. The Labute approximate surface area is 366 Å². The lowest BCUT2D eigenvalue weighted by atomic mass is 10.1. The molecule has 0 aromatic heterocycles. The van der Waals surface area contributed by atoms with Crippen LogP contribution < -0.4 is 0 Å². The fourth-order valence-corrected chi connectivity index (χ4v) is 5.47. The molecule has 0 amide bonds. The van der Waals surface area contributed by atoms with Crippen molar-refractivity contribution in [1.82, 2.24) is 0 Å². The van der Waals surface area contributed by atoms with Gasteiger partial charge in [-0.2, -0.15) is 0 Å². The molecule has 0 saturated heterocycles. The van der Waals surface area contributed by atoms with Crippen LogP contribution in [0.4, 0.5) is 0 Å². The highest BCUT2D eigenvalue weighted by molar-refractivity contribution is 5.71. The standard InChI is InChI=1S/C54H82O6/c1-4-7-10-13-16-19-21-23-25-27-29-30-32-35-38-41-44-47-53(56)59-50-51(49-58-52(55)46-43-40-37-34-18-15-12-9-6-3)60-54(57)48-45-42-39-36-33-31-28-26-24-22-20-17-14-11-8-5-2/h7-8,10-11,16-17,19-20,23-26,29-31,33-35,37-39,42,51H,4-6,9,12-15,18,21-22,27-28,32,36,40-41,43-50H2,1-3H3/b10-7-,11-8-,19-16-,20-17-,25-23-,26-24-,30-29-,33-31-,37-34-,38-35-,42-39-. The lowest BCUT2D eigenvalue weighted by molar-refractivity contribution is -0.166. The van der Waals surface area contributed by atoms with Crippen LogP contribution in [0.3, 0.4) is 0 Å². The molecule has 0 N–H and O–H groups in total. The molecule has 0 spiro atoms. The van der Waals surface area contributed by atoms with Crippen molar-refractivity contribution in [2.75, 3.05) is 13.2 Å². The van der Waals surface area contributed by atoms with E-state index in [1.807, 2.05) is 12.2 Å². The third-order valence-corrected chi connectivity index (χ3v) is 8.88. The van der Waals surface area contributed by atoms with E-state index in [0.29, 0.717) is 19.3 Å². The number of esters is 3. The number of hydrogen-bond donors (Lipinski definition) is 0. The molecule has 1 atom stereocenters. The Morgan fingerprint density at radius 3 is 1.07 bits per heavy atom. The van der Waals surface area contributed by atoms with Crippen molar-refractivity contribution in [1.29, 1.82) is 0 Å². The molecule has 0 aliphatic carbocycles. The molecule has 0 saturated carbocycles. The Hall–Kier alpha value is -4.45. The molecule has 1 unspecified atom stereocenters. The summed E-state index contributed by atoms with van der Waals surface area (Å²) >= 11 is 0. The number of ether oxygens (including phenoxy) is 3. The smallest absolute Gasteiger partial charge is 0.306 e. The number of carbonyl (C=O) groups is 3. The molecule has 334 valence electrons. The molecule has 0 aromatic carbocycles. The van der Waals surface area contributed by atoms with Gasteiger partial charge in [0, 0.05) is 19.3 Å². The molecule has 60 heavy (non-hydrogen) atoms. The van der Waals surface area contributed by atoms with Crippen LogP contribution in [0.1, 0.15) is 168 Å². The van der Waals surface area contributed by atoms with E-state index in [1.165, 1.54) is 25.7 Å². The van der Waals surface area contributed by atoms with Gasteiger partial charge in [-0.05, 0) is 109 Å². The summed E-state index contributed by atoms with van der Waals surface area (Å²) < 4.78 is 16.5. The van der Waals surface area contributed by atoms with Crippen molar-refractivity contribution < 1.29 is 28.6 Å². The summed E-state index contributed by atoms with van der Waals surface area (Å²) in [5.74, 6) is -1.14. The molecule has 0 aliphatic heterocycles. The fraction of sp³-hybridized carbons (Fsp3) is 0.537. The van der Waals surface area contributed by atoms with Crippen molar-refractivity contribution in [2.45, 2.75) is 175 Å². The average Bonchev–Trinajstić information content (AvgIpc) is 3.24. The largest absolute Gasteiger partial charge is 0.462 e. The summed E-state index contributed by atoms with van der Waals surface area (Å²) in [7, 11) is 0. The maximum atomic E-state index is 12.7. The van der Waals surface area contributed by atoms with Crippen LogP contribution in [0, 0.1) is 0 Å². The van der Waals surface area contributed by atoms with Gasteiger partial charge in [-0.25, -0.2) is 0 Å². The van der Waals surface area contributed by atoms with Gasteiger partial charge in [-0.3, -0.25) is 14.4 Å². The number of rotatable bonds is 39. The summed E-state index contributed by atoms with van der Waals surface area (Å²) in [4.78, 5) is 37.7. The average molecular weight is 827 g/mol. The van der Waals surface area contributed by atoms with Crippen LogP contribution in [-0.2, 0) is 28.6 Å². The Bertz CT molecular complexity index is 1370. The molecule has 0 heterocycles. The monoisotopic (exact) mass is 827 g/mol. The third-order valence-electron chi connectivity index (χ3n) is 8.88. The first-order valence-electron chi connectivity index (χ1n) is 23.2. The first-order valence-corrected chi connectivity index (χ1v) is 23.2. The predicted molar refractivity (Wildman–Crippen MR) is 256 cm³/mol. The summed E-state index contributed by atoms with van der Waals surface area (Å²) in [5.41, 5.74) is 0. The van der Waals surface area contributed by atoms with Crippen molar-refractivity contribution in [3.05, 3.63) is 134 Å². The van der Waals surface area contributed by atoms with E-state index in [9.17, 15) is 14.4 Å². The van der Waals surface area contributed by atoms with E-state index >= 15 is 0 Å². The summed E-state index contributed by atoms with van der Waals surface area (Å²) in [6, 6.07) is 0. The van der Waals surface area contributed by atoms with E-state index in [1.54, 1.807) is 0 Å². The Balaban J connectivity index is 4.62. The van der Waals surface area contributed by atoms with E-state index in [4.69, 9.17) is 14.2 Å². The zero-order valence-electron chi connectivity index (χ0n) is 37.9. The zero-order valence-corrected chi connectivity index (χ0v) is 37.9. The van der Waals surface area contributed by atoms with Crippen LogP contribution >= 0.6 is 0 Å². The second-order valence-corrected chi connectivity index (χ2v) is 14.5. The van der Waals surface area contributed by atoms with Crippen LogP contribution in [0.25, 0.3) is 0 Å². The van der Waals surface area contributed by atoms with Gasteiger partial charge in [0.25, 0.3) is 0 Å². The normalized spacial score (nSPS) is 13.3. The molecule has 0 fully saturated rings. The molecule has 0 radical (unpaired) electrons. The third kappa shape index (κ3) is 44.6. The van der Waals surface area contributed by atoms with Gasteiger partial charge in [0.15, 0.2) is 6.10 Å². The van der Waals surface area contributed by atoms with Crippen molar-refractivity contribution in [3.63, 3.8) is 0 Å². The minimum atomic E-state index is -0.854. The fourth-order valence-electron chi connectivity index (χ4n) is 5.47. The molecule has 0 aromatic rings. The van der Waals surface area contributed by atoms with Crippen LogP contribution in [0.2, 0.25) is 0 Å². The number of allylic oxidation sites excluding steroid dienone is 22. The highest BCUT2D eigenvalue weighted by atomic mass is 16.6. The number of unbranched alkanes of at least 4 members (excludes halogenated alkanes) is 6. The van der Waals surface area contributed by atoms with Gasteiger partial charge < -0.3 is 14.2 Å². The van der Waals surface area contributed by atoms with E-state index in [2.05, 4.69) is 142 Å². The first kappa shape index (κ1) is 55.5. The van der Waals surface area contributed by atoms with Crippen LogP contribution in [0.15, 0.2) is 134 Å². The molecular weight excluding hydrogens is 745 g/mol. The molecule has 0 rings (SSSR count). The zero-order chi connectivity index (χ0) is 43.7. The predicted octanol–water partition coefficient (Wildman–Crippen LogP) is 15.1. The van der Waals surface area contributed by atoms with Crippen molar-refractivity contribution in [3.8, 4) is 0 Å². The van der Waals surface area contributed by atoms with Gasteiger partial charge in [0.05, 0.1) is 0 Å². The number of carbonyl (C=O) groups excluding carboxylic acids is 3. The highest BCUT2D eigenvalue weighted by Gasteiger charge is 2.19. The lowest BCUT2D eigenvalue weighted by Crippen LogP contribution is -2.30. The highest BCUT2D eigenvalue weighted by Crippen LogP contribution is 2.08. The van der Waals surface area contributed by atoms with Gasteiger partial charge in [0.2, 0.25) is 0 Å². The van der Waals surface area contributed by atoms with Crippen LogP contribution in [-0.4, -0.2) is 37.2 Å². The second kappa shape index (κ2) is 47.2. The van der Waals surface area contributed by atoms with Crippen molar-refractivity contribution >= 4 is 17.9 Å². The van der Waals surface area contributed by atoms with E-state index in [0.717, 1.165) is 83.5 Å². The molecule has 0 aliphatic rings. The van der Waals surface area contributed by atoms with Crippen LogP contribution in [0.5, 0.6) is 0 Å². The van der Waals surface area contributed by atoms with Crippen molar-refractivity contribution in [2.24, 2.45) is 0 Å². The maximum Gasteiger partial charge on any atom is 0.306 e. The Kier molecular flexibility index (Phi) is 43.7. The minimum Gasteiger partial charge on any atom is -0.462 e. The van der Waals surface area contributed by atoms with Gasteiger partial charge in [0.1, 0.15) is 13.2 Å². The maximum absolute atomic E-state index is 12.7. The second-order valence-electron chi connectivity index (χ2n) is 14.5. The molecule has 0 bridgehead atoms. The van der Waals surface area contributed by atoms with Gasteiger partial charge in [-0.15, -0.1) is 0 Å². The van der Waals surface area contributed by atoms with E-state index in [-0.39, 0.29) is 44.4 Å². The van der Waals surface area contributed by atoms with Gasteiger partial charge >= 0.3 is 17.9 Å². The Morgan fingerprint density at radius 1 is 0.350 bits per heavy atom. The molecular formula is C54H82O6. The first-order chi connectivity index (χ1) is 29.5. The van der Waals surface area contributed by atoms with Gasteiger partial charge in [-0.1, -0.05) is 174 Å². The molecule has 6 heteroatoms. The minimum absolute atomic E-state index is 0.146. The molecule has 6 nitrogen and oxygen atoms in total. The SMILES string of the molecule is CC/C=C\C/C=C\C/C=C\C/C=C\C/C=C\CCCC(=O)OCC(COC(=O)CCC/C=C\CCCCCC)OC(=O)CC/C=C\C/C=C\C/C=C\C/C=C\C/C=C\CC. The number of hydrogen-bond acceptors (Lipinski definition) is 6. The Morgan fingerprint density at radius 2 is 0.683 bits per heavy atom. The summed E-state index contributed by atoms with van der Waals surface area (Å²) in [6.45, 7) is 6.19.